The molecule has 4 N–H and O–H groups in total. The van der Waals surface area contributed by atoms with Crippen LogP contribution in [0.25, 0.3) is 21.8 Å². The number of primary amides is 2. The zero-order valence-corrected chi connectivity index (χ0v) is 14.3. The molecule has 0 aliphatic rings. The zero-order chi connectivity index (χ0) is 19.1. The van der Waals surface area contributed by atoms with Crippen molar-refractivity contribution >= 4 is 33.6 Å². The van der Waals surface area contributed by atoms with E-state index >= 15 is 0 Å². The van der Waals surface area contributed by atoms with Gasteiger partial charge in [0.05, 0.1) is 11.0 Å². The van der Waals surface area contributed by atoms with E-state index in [0.29, 0.717) is 39.5 Å². The van der Waals surface area contributed by atoms with Gasteiger partial charge < -0.3 is 16.0 Å². The molecule has 0 spiro atoms. The molecule has 2 amide bonds. The Bertz CT molecular complexity index is 1230. The number of halogens is 1. The van der Waals surface area contributed by atoms with E-state index in [1.165, 1.54) is 6.07 Å². The standard InChI is InChI=1S/C21H16FN3O2/c22-16-8-2-6-14-18-15(21(24)27)7-3-9-17(18)25(19(14)16)11-12-4-1-5-13(10-12)20(23)26/h1-10H,11H2,(H2,23,26)(H2,24,27). The molecule has 5 nitrogen and oxygen atoms in total. The molecule has 4 aromatic rings. The second-order valence-electron chi connectivity index (χ2n) is 6.35. The molecule has 1 aromatic heterocycles. The summed E-state index contributed by atoms with van der Waals surface area (Å²) in [5.41, 5.74) is 13.5. The molecule has 0 saturated heterocycles. The fraction of sp³-hybridized carbons (Fsp3) is 0.0476. The smallest absolute Gasteiger partial charge is 0.249 e. The number of fused-ring (bicyclic) bond motifs is 3. The summed E-state index contributed by atoms with van der Waals surface area (Å²) in [6, 6.07) is 16.8. The van der Waals surface area contributed by atoms with Gasteiger partial charge in [-0.1, -0.05) is 30.3 Å². The highest BCUT2D eigenvalue weighted by molar-refractivity contribution is 6.18. The van der Waals surface area contributed by atoms with Crippen molar-refractivity contribution in [3.05, 3.63) is 83.2 Å². The third kappa shape index (κ3) is 2.71. The average Bonchev–Trinajstić information content (AvgIpc) is 2.97. The Labute approximate surface area is 154 Å². The number of carbonyl (C=O) groups is 2. The lowest BCUT2D eigenvalue weighted by Gasteiger charge is -2.09. The van der Waals surface area contributed by atoms with Crippen molar-refractivity contribution < 1.29 is 14.0 Å². The maximum atomic E-state index is 14.7. The highest BCUT2D eigenvalue weighted by Crippen LogP contribution is 2.33. The van der Waals surface area contributed by atoms with Crippen LogP contribution in [0.4, 0.5) is 4.39 Å². The van der Waals surface area contributed by atoms with Crippen molar-refractivity contribution in [1.29, 1.82) is 0 Å². The predicted octanol–water partition coefficient (Wildman–Crippen LogP) is 3.18. The number of benzene rings is 3. The first-order chi connectivity index (χ1) is 13.0. The molecule has 134 valence electrons. The Hall–Kier alpha value is -3.67. The first-order valence-corrected chi connectivity index (χ1v) is 8.35. The van der Waals surface area contributed by atoms with Crippen molar-refractivity contribution in [1.82, 2.24) is 4.57 Å². The van der Waals surface area contributed by atoms with Gasteiger partial charge in [0.25, 0.3) is 0 Å². The first-order valence-electron chi connectivity index (χ1n) is 8.35. The Balaban J connectivity index is 2.02. The normalized spacial score (nSPS) is 11.1. The SMILES string of the molecule is NC(=O)c1cccc(Cn2c3cccc(C(N)=O)c3c3cccc(F)c32)c1. The van der Waals surface area contributed by atoms with E-state index in [0.717, 1.165) is 5.56 Å². The van der Waals surface area contributed by atoms with Gasteiger partial charge in [0.2, 0.25) is 11.8 Å². The Morgan fingerprint density at radius 2 is 1.67 bits per heavy atom. The Morgan fingerprint density at radius 3 is 2.41 bits per heavy atom. The number of hydrogen-bond acceptors (Lipinski definition) is 2. The van der Waals surface area contributed by atoms with Gasteiger partial charge in [-0.25, -0.2) is 4.39 Å². The molecule has 0 bridgehead atoms. The molecule has 0 fully saturated rings. The van der Waals surface area contributed by atoms with Gasteiger partial charge in [0, 0.05) is 28.4 Å². The molecular weight excluding hydrogens is 345 g/mol. The molecule has 6 heteroatoms. The molecule has 0 atom stereocenters. The van der Waals surface area contributed by atoms with E-state index in [1.54, 1.807) is 47.0 Å². The van der Waals surface area contributed by atoms with Crippen LogP contribution >= 0.6 is 0 Å². The molecular formula is C21H16FN3O2. The van der Waals surface area contributed by atoms with Crippen molar-refractivity contribution in [2.45, 2.75) is 6.54 Å². The number of nitrogens with two attached hydrogens (primary N) is 2. The Morgan fingerprint density at radius 1 is 0.926 bits per heavy atom. The minimum Gasteiger partial charge on any atom is -0.366 e. The van der Waals surface area contributed by atoms with Crippen LogP contribution in [0.3, 0.4) is 0 Å². The summed E-state index contributed by atoms with van der Waals surface area (Å²) >= 11 is 0. The number of rotatable bonds is 4. The summed E-state index contributed by atoms with van der Waals surface area (Å²) in [5, 5.41) is 1.23. The predicted molar refractivity (Wildman–Crippen MR) is 102 cm³/mol. The molecule has 3 aromatic carbocycles. The lowest BCUT2D eigenvalue weighted by Crippen LogP contribution is -2.12. The lowest BCUT2D eigenvalue weighted by atomic mass is 10.1. The fourth-order valence-corrected chi connectivity index (χ4v) is 3.54. The summed E-state index contributed by atoms with van der Waals surface area (Å²) in [6.45, 7) is 0.310. The van der Waals surface area contributed by atoms with E-state index in [2.05, 4.69) is 0 Å². The number of carbonyl (C=O) groups excluding carboxylic acids is 2. The first kappa shape index (κ1) is 16.8. The van der Waals surface area contributed by atoms with Gasteiger partial charge in [-0.2, -0.15) is 0 Å². The van der Waals surface area contributed by atoms with E-state index in [9.17, 15) is 14.0 Å². The molecule has 0 aliphatic heterocycles. The van der Waals surface area contributed by atoms with Crippen molar-refractivity contribution in [2.24, 2.45) is 11.5 Å². The van der Waals surface area contributed by atoms with Crippen LogP contribution in [0.2, 0.25) is 0 Å². The molecule has 0 saturated carbocycles. The summed E-state index contributed by atoms with van der Waals surface area (Å²) in [7, 11) is 0. The molecule has 0 radical (unpaired) electrons. The fourth-order valence-electron chi connectivity index (χ4n) is 3.54. The number of aromatic nitrogens is 1. The second-order valence-corrected chi connectivity index (χ2v) is 6.35. The van der Waals surface area contributed by atoms with E-state index in [1.807, 2.05) is 12.1 Å². The summed E-state index contributed by atoms with van der Waals surface area (Å²) in [4.78, 5) is 23.4. The Kier molecular flexibility index (Phi) is 3.88. The monoisotopic (exact) mass is 361 g/mol. The maximum absolute atomic E-state index is 14.7. The third-order valence-electron chi connectivity index (χ3n) is 4.68. The van der Waals surface area contributed by atoms with Gasteiger partial charge in [0.1, 0.15) is 5.82 Å². The quantitative estimate of drug-likeness (QED) is 0.584. The minimum absolute atomic E-state index is 0.310. The number of hydrogen-bond donors (Lipinski definition) is 2. The number of nitrogens with zero attached hydrogens (tertiary/aromatic N) is 1. The molecule has 4 rings (SSSR count). The highest BCUT2D eigenvalue weighted by Gasteiger charge is 2.18. The lowest BCUT2D eigenvalue weighted by molar-refractivity contribution is 0.0992. The van der Waals surface area contributed by atoms with Crippen LogP contribution in [0, 0.1) is 5.82 Å². The van der Waals surface area contributed by atoms with Crippen LogP contribution in [-0.4, -0.2) is 16.4 Å². The van der Waals surface area contributed by atoms with Crippen LogP contribution < -0.4 is 11.5 Å². The summed E-state index contributed by atoms with van der Waals surface area (Å²) in [6.07, 6.45) is 0. The third-order valence-corrected chi connectivity index (χ3v) is 4.68. The molecule has 1 heterocycles. The van der Waals surface area contributed by atoms with Crippen LogP contribution in [0.15, 0.2) is 60.7 Å². The average molecular weight is 361 g/mol. The maximum Gasteiger partial charge on any atom is 0.249 e. The van der Waals surface area contributed by atoms with E-state index < -0.39 is 17.6 Å². The van der Waals surface area contributed by atoms with E-state index in [-0.39, 0.29) is 0 Å². The van der Waals surface area contributed by atoms with Crippen molar-refractivity contribution in [3.8, 4) is 0 Å². The summed E-state index contributed by atoms with van der Waals surface area (Å²) < 4.78 is 16.5. The highest BCUT2D eigenvalue weighted by atomic mass is 19.1. The molecule has 0 unspecified atom stereocenters. The minimum atomic E-state index is -0.570. The number of amides is 2. The molecule has 27 heavy (non-hydrogen) atoms. The largest absolute Gasteiger partial charge is 0.366 e. The van der Waals surface area contributed by atoms with Gasteiger partial charge in [-0.05, 0) is 35.9 Å². The summed E-state index contributed by atoms with van der Waals surface area (Å²) in [5.74, 6) is -1.49. The van der Waals surface area contributed by atoms with E-state index in [4.69, 9.17) is 11.5 Å². The molecule has 0 aliphatic carbocycles. The second kappa shape index (κ2) is 6.25. The van der Waals surface area contributed by atoms with Crippen LogP contribution in [0.5, 0.6) is 0 Å². The zero-order valence-electron chi connectivity index (χ0n) is 14.3. The number of para-hydroxylation sites is 1. The van der Waals surface area contributed by atoms with Gasteiger partial charge in [-0.3, -0.25) is 9.59 Å². The van der Waals surface area contributed by atoms with Crippen molar-refractivity contribution in [2.75, 3.05) is 0 Å². The van der Waals surface area contributed by atoms with Gasteiger partial charge in [-0.15, -0.1) is 0 Å². The van der Waals surface area contributed by atoms with Crippen LogP contribution in [-0.2, 0) is 6.54 Å². The topological polar surface area (TPSA) is 91.1 Å². The van der Waals surface area contributed by atoms with Gasteiger partial charge >= 0.3 is 0 Å². The van der Waals surface area contributed by atoms with Crippen LogP contribution in [0.1, 0.15) is 26.3 Å². The van der Waals surface area contributed by atoms with Crippen molar-refractivity contribution in [3.63, 3.8) is 0 Å². The van der Waals surface area contributed by atoms with Gasteiger partial charge in [0.15, 0.2) is 0 Å².